The Morgan fingerprint density at radius 1 is 1.60 bits per heavy atom. The van der Waals surface area contributed by atoms with Gasteiger partial charge in [-0.1, -0.05) is 0 Å². The fraction of sp³-hybridized carbons (Fsp3) is 0.833. The molecule has 10 heavy (non-hydrogen) atoms. The van der Waals surface area contributed by atoms with Crippen molar-refractivity contribution in [3.05, 3.63) is 0 Å². The Morgan fingerprint density at radius 2 is 2.20 bits per heavy atom. The van der Waals surface area contributed by atoms with Crippen LogP contribution >= 0.6 is 0 Å². The number of carbonyl (C=O) groups is 1. The van der Waals surface area contributed by atoms with Gasteiger partial charge in [-0.25, -0.2) is 4.39 Å². The molecular formula is C6H13FN2O. The number of Topliss-reactive ketones (excluding diaryl/α,β-unsaturated/α-hetero) is 1. The van der Waals surface area contributed by atoms with Gasteiger partial charge < -0.3 is 11.5 Å². The molecule has 0 radical (unpaired) electrons. The maximum Gasteiger partial charge on any atom is 0.180 e. The molecule has 0 unspecified atom stereocenters. The van der Waals surface area contributed by atoms with E-state index in [4.69, 9.17) is 11.5 Å². The van der Waals surface area contributed by atoms with E-state index in [0.29, 0.717) is 19.4 Å². The van der Waals surface area contributed by atoms with Gasteiger partial charge in [0.15, 0.2) is 5.78 Å². The van der Waals surface area contributed by atoms with Gasteiger partial charge in [0, 0.05) is 0 Å². The highest BCUT2D eigenvalue weighted by atomic mass is 19.1. The Hall–Kier alpha value is -0.480. The summed E-state index contributed by atoms with van der Waals surface area (Å²) in [5.74, 6) is -0.534. The summed E-state index contributed by atoms with van der Waals surface area (Å²) in [5.41, 5.74) is 10.4. The van der Waals surface area contributed by atoms with Crippen LogP contribution in [-0.2, 0) is 4.79 Å². The number of hydrogen-bond donors (Lipinski definition) is 2. The van der Waals surface area contributed by atoms with Gasteiger partial charge in [0.1, 0.15) is 6.67 Å². The van der Waals surface area contributed by atoms with Crippen LogP contribution < -0.4 is 11.5 Å². The second-order valence-electron chi connectivity index (χ2n) is 2.14. The average molecular weight is 148 g/mol. The fourth-order valence-corrected chi connectivity index (χ4v) is 0.598. The molecule has 4 heteroatoms. The molecule has 0 saturated heterocycles. The Balaban J connectivity index is 3.41. The maximum absolute atomic E-state index is 11.6. The van der Waals surface area contributed by atoms with E-state index in [1.165, 1.54) is 0 Å². The monoisotopic (exact) mass is 148 g/mol. The summed E-state index contributed by atoms with van der Waals surface area (Å²) < 4.78 is 11.6. The van der Waals surface area contributed by atoms with Crippen molar-refractivity contribution in [1.29, 1.82) is 0 Å². The molecule has 0 saturated carbocycles. The molecule has 0 rings (SSSR count). The summed E-state index contributed by atoms with van der Waals surface area (Å²) in [4.78, 5) is 10.5. The van der Waals surface area contributed by atoms with Crippen molar-refractivity contribution in [2.45, 2.75) is 18.9 Å². The summed E-state index contributed by atoms with van der Waals surface area (Å²) in [6.07, 6.45) is 1.16. The van der Waals surface area contributed by atoms with Crippen LogP contribution in [0.3, 0.4) is 0 Å². The third-order valence-electron chi connectivity index (χ3n) is 1.26. The number of carbonyl (C=O) groups excluding carboxylic acids is 1. The molecule has 0 aromatic carbocycles. The zero-order valence-corrected chi connectivity index (χ0v) is 5.85. The van der Waals surface area contributed by atoms with Crippen molar-refractivity contribution in [2.75, 3.05) is 13.2 Å². The smallest absolute Gasteiger partial charge is 0.180 e. The summed E-state index contributed by atoms with van der Waals surface area (Å²) in [5, 5.41) is 0. The molecule has 0 heterocycles. The van der Waals surface area contributed by atoms with Crippen molar-refractivity contribution in [2.24, 2.45) is 11.5 Å². The predicted molar refractivity (Wildman–Crippen MR) is 37.2 cm³/mol. The van der Waals surface area contributed by atoms with Gasteiger partial charge in [-0.3, -0.25) is 4.79 Å². The largest absolute Gasteiger partial charge is 0.330 e. The molecule has 1 atom stereocenters. The first-order valence-electron chi connectivity index (χ1n) is 3.26. The molecule has 3 nitrogen and oxygen atoms in total. The van der Waals surface area contributed by atoms with Gasteiger partial charge in [0.05, 0.1) is 6.04 Å². The van der Waals surface area contributed by atoms with Crippen LogP contribution in [0.25, 0.3) is 0 Å². The van der Waals surface area contributed by atoms with Gasteiger partial charge in [-0.05, 0) is 19.4 Å². The summed E-state index contributed by atoms with van der Waals surface area (Å²) >= 11 is 0. The van der Waals surface area contributed by atoms with E-state index in [1.54, 1.807) is 0 Å². The van der Waals surface area contributed by atoms with Crippen molar-refractivity contribution in [3.63, 3.8) is 0 Å². The average Bonchev–Trinajstić information content (AvgIpc) is 1.98. The zero-order valence-electron chi connectivity index (χ0n) is 5.85. The normalized spacial score (nSPS) is 13.1. The van der Waals surface area contributed by atoms with Crippen LogP contribution in [0.1, 0.15) is 12.8 Å². The molecule has 0 bridgehead atoms. The van der Waals surface area contributed by atoms with E-state index in [2.05, 4.69) is 0 Å². The summed E-state index contributed by atoms with van der Waals surface area (Å²) in [7, 11) is 0. The minimum absolute atomic E-state index is 0.485. The van der Waals surface area contributed by atoms with E-state index in [0.717, 1.165) is 0 Å². The topological polar surface area (TPSA) is 69.1 Å². The standard InChI is InChI=1S/C6H13FN2O/c7-4-6(10)5(9)2-1-3-8/h5H,1-4,8-9H2/t5-/m0/s1. The zero-order chi connectivity index (χ0) is 7.98. The van der Waals surface area contributed by atoms with Gasteiger partial charge in [-0.2, -0.15) is 0 Å². The van der Waals surface area contributed by atoms with E-state index >= 15 is 0 Å². The quantitative estimate of drug-likeness (QED) is 0.557. The lowest BCUT2D eigenvalue weighted by Gasteiger charge is -2.05. The van der Waals surface area contributed by atoms with E-state index in [1.807, 2.05) is 0 Å². The van der Waals surface area contributed by atoms with Crippen molar-refractivity contribution >= 4 is 5.78 Å². The Bertz CT molecular complexity index is 108. The molecule has 0 amide bonds. The first-order valence-corrected chi connectivity index (χ1v) is 3.26. The Morgan fingerprint density at radius 3 is 2.60 bits per heavy atom. The lowest BCUT2D eigenvalue weighted by Crippen LogP contribution is -2.32. The molecule has 0 aromatic rings. The van der Waals surface area contributed by atoms with Crippen LogP contribution in [0.5, 0.6) is 0 Å². The molecule has 0 aliphatic rings. The predicted octanol–water partition coefficient (Wildman–Crippen LogP) is -0.409. The van der Waals surface area contributed by atoms with Gasteiger partial charge in [0.25, 0.3) is 0 Å². The molecular weight excluding hydrogens is 135 g/mol. The van der Waals surface area contributed by atoms with E-state index in [9.17, 15) is 9.18 Å². The molecule has 0 aliphatic heterocycles. The summed E-state index contributed by atoms with van der Waals surface area (Å²) in [6, 6.07) is -0.659. The first kappa shape index (κ1) is 9.52. The second kappa shape index (κ2) is 5.32. The lowest BCUT2D eigenvalue weighted by atomic mass is 10.1. The number of ketones is 1. The van der Waals surface area contributed by atoms with Gasteiger partial charge >= 0.3 is 0 Å². The number of halogens is 1. The van der Waals surface area contributed by atoms with E-state index < -0.39 is 18.5 Å². The molecule has 4 N–H and O–H groups in total. The number of rotatable bonds is 5. The van der Waals surface area contributed by atoms with Crippen LogP contribution in [0, 0.1) is 0 Å². The van der Waals surface area contributed by atoms with E-state index in [-0.39, 0.29) is 0 Å². The van der Waals surface area contributed by atoms with Crippen LogP contribution in [0.2, 0.25) is 0 Å². The van der Waals surface area contributed by atoms with Crippen molar-refractivity contribution in [3.8, 4) is 0 Å². The second-order valence-corrected chi connectivity index (χ2v) is 2.14. The minimum Gasteiger partial charge on any atom is -0.330 e. The number of alkyl halides is 1. The molecule has 0 fully saturated rings. The number of hydrogen-bond acceptors (Lipinski definition) is 3. The SMILES string of the molecule is NCCC[C@H](N)C(=O)CF. The molecule has 60 valence electrons. The summed E-state index contributed by atoms with van der Waals surface area (Å²) in [6.45, 7) is -0.473. The Kier molecular flexibility index (Phi) is 5.06. The fourth-order valence-electron chi connectivity index (χ4n) is 0.598. The van der Waals surface area contributed by atoms with Crippen LogP contribution in [-0.4, -0.2) is 25.0 Å². The highest BCUT2D eigenvalue weighted by molar-refractivity contribution is 5.84. The lowest BCUT2D eigenvalue weighted by molar-refractivity contribution is -0.121. The van der Waals surface area contributed by atoms with Crippen molar-refractivity contribution < 1.29 is 9.18 Å². The highest BCUT2D eigenvalue weighted by Gasteiger charge is 2.10. The van der Waals surface area contributed by atoms with Gasteiger partial charge in [-0.15, -0.1) is 0 Å². The molecule has 0 spiro atoms. The third kappa shape index (κ3) is 3.53. The van der Waals surface area contributed by atoms with Crippen molar-refractivity contribution in [1.82, 2.24) is 0 Å². The van der Waals surface area contributed by atoms with Crippen LogP contribution in [0.4, 0.5) is 4.39 Å². The number of nitrogens with two attached hydrogens (primary N) is 2. The maximum atomic E-state index is 11.6. The molecule has 0 aliphatic carbocycles. The highest BCUT2D eigenvalue weighted by Crippen LogP contribution is 1.94. The Labute approximate surface area is 59.6 Å². The minimum atomic E-state index is -0.967. The molecule has 0 aromatic heterocycles. The first-order chi connectivity index (χ1) is 4.72. The van der Waals surface area contributed by atoms with Gasteiger partial charge in [0.2, 0.25) is 0 Å². The van der Waals surface area contributed by atoms with Crippen LogP contribution in [0.15, 0.2) is 0 Å². The third-order valence-corrected chi connectivity index (χ3v) is 1.26.